The van der Waals surface area contributed by atoms with Crippen molar-refractivity contribution in [3.63, 3.8) is 0 Å². The van der Waals surface area contributed by atoms with Crippen LogP contribution in [-0.2, 0) is 0 Å². The van der Waals surface area contributed by atoms with Crippen molar-refractivity contribution in [2.75, 3.05) is 11.9 Å². The van der Waals surface area contributed by atoms with Gasteiger partial charge in [0.25, 0.3) is 0 Å². The van der Waals surface area contributed by atoms with E-state index < -0.39 is 0 Å². The molecule has 2 aromatic rings. The predicted octanol–water partition coefficient (Wildman–Crippen LogP) is 4.05. The zero-order valence-corrected chi connectivity index (χ0v) is 11.4. The summed E-state index contributed by atoms with van der Waals surface area (Å²) in [6.45, 7) is 4.80. The average Bonchev–Trinajstić information content (AvgIpc) is 2.85. The zero-order valence-electron chi connectivity index (χ0n) is 11.4. The number of nitrogens with zero attached hydrogens (tertiary/aromatic N) is 1. The molecule has 2 rings (SSSR count). The van der Waals surface area contributed by atoms with Gasteiger partial charge >= 0.3 is 0 Å². The quantitative estimate of drug-likeness (QED) is 0.789. The van der Waals surface area contributed by atoms with Gasteiger partial charge in [-0.3, -0.25) is 0 Å². The van der Waals surface area contributed by atoms with E-state index in [-0.39, 0.29) is 0 Å². The van der Waals surface area contributed by atoms with Gasteiger partial charge < -0.3 is 10.3 Å². The maximum atomic E-state index is 4.48. The largest absolute Gasteiger partial charge is 0.352 e. The zero-order chi connectivity index (χ0) is 13.5. The monoisotopic (exact) mass is 253 g/mol. The number of aromatic amines is 1. The lowest BCUT2D eigenvalue weighted by Crippen LogP contribution is -2.04. The van der Waals surface area contributed by atoms with Crippen LogP contribution >= 0.6 is 0 Å². The number of imidazole rings is 1. The van der Waals surface area contributed by atoms with Gasteiger partial charge in [-0.2, -0.15) is 0 Å². The summed E-state index contributed by atoms with van der Waals surface area (Å²) in [6.07, 6.45) is 10.3. The fourth-order valence-electron chi connectivity index (χ4n) is 1.77. The van der Waals surface area contributed by atoms with Gasteiger partial charge in [-0.25, -0.2) is 4.98 Å². The molecule has 3 heteroatoms. The Morgan fingerprint density at radius 3 is 2.84 bits per heavy atom. The van der Waals surface area contributed by atoms with Crippen LogP contribution in [0.25, 0.3) is 11.0 Å². The van der Waals surface area contributed by atoms with E-state index in [1.165, 1.54) is 5.57 Å². The number of H-pyrrole nitrogens is 1. The third kappa shape index (κ3) is 3.58. The molecule has 98 valence electrons. The topological polar surface area (TPSA) is 40.7 Å². The summed E-state index contributed by atoms with van der Waals surface area (Å²) in [5.41, 5.74) is 3.26. The summed E-state index contributed by atoms with van der Waals surface area (Å²) < 4.78 is 0. The molecule has 0 atom stereocenters. The van der Waals surface area contributed by atoms with Crippen LogP contribution in [0.15, 0.2) is 60.2 Å². The molecule has 2 N–H and O–H groups in total. The summed E-state index contributed by atoms with van der Waals surface area (Å²) in [6, 6.07) is 8.02. The van der Waals surface area contributed by atoms with E-state index in [0.717, 1.165) is 23.5 Å². The fraction of sp³-hybridized carbons (Fsp3) is 0.188. The number of nitrogens with one attached hydrogen (secondary N) is 2. The predicted molar refractivity (Wildman–Crippen MR) is 82.3 cm³/mol. The molecule has 1 aromatic heterocycles. The lowest BCUT2D eigenvalue weighted by atomic mass is 10.2. The molecule has 0 saturated carbocycles. The van der Waals surface area contributed by atoms with E-state index in [9.17, 15) is 0 Å². The number of para-hydroxylation sites is 2. The first-order valence-corrected chi connectivity index (χ1v) is 6.46. The van der Waals surface area contributed by atoms with Crippen molar-refractivity contribution < 1.29 is 0 Å². The molecule has 0 aliphatic heterocycles. The maximum Gasteiger partial charge on any atom is 0.201 e. The summed E-state index contributed by atoms with van der Waals surface area (Å²) in [7, 11) is 0. The van der Waals surface area contributed by atoms with Gasteiger partial charge in [0.05, 0.1) is 11.0 Å². The van der Waals surface area contributed by atoms with Crippen molar-refractivity contribution in [3.8, 4) is 0 Å². The number of benzene rings is 1. The summed E-state index contributed by atoms with van der Waals surface area (Å²) in [5, 5.41) is 3.30. The van der Waals surface area contributed by atoms with Gasteiger partial charge in [-0.1, -0.05) is 42.5 Å². The third-order valence-corrected chi connectivity index (χ3v) is 2.83. The minimum Gasteiger partial charge on any atom is -0.352 e. The number of anilines is 1. The Morgan fingerprint density at radius 2 is 2.11 bits per heavy atom. The third-order valence-electron chi connectivity index (χ3n) is 2.83. The summed E-state index contributed by atoms with van der Waals surface area (Å²) in [4.78, 5) is 7.74. The van der Waals surface area contributed by atoms with Crippen LogP contribution in [0.1, 0.15) is 13.8 Å². The van der Waals surface area contributed by atoms with Gasteiger partial charge in [-0.05, 0) is 31.6 Å². The van der Waals surface area contributed by atoms with E-state index in [1.807, 2.05) is 56.3 Å². The van der Waals surface area contributed by atoms with E-state index >= 15 is 0 Å². The van der Waals surface area contributed by atoms with Crippen molar-refractivity contribution >= 4 is 17.0 Å². The fourth-order valence-corrected chi connectivity index (χ4v) is 1.77. The molecule has 3 nitrogen and oxygen atoms in total. The first-order chi connectivity index (χ1) is 9.33. The summed E-state index contributed by atoms with van der Waals surface area (Å²) in [5.74, 6) is 0.806. The van der Waals surface area contributed by atoms with Crippen molar-refractivity contribution in [1.29, 1.82) is 0 Å². The molecule has 0 spiro atoms. The Kier molecular flexibility index (Phi) is 4.56. The van der Waals surface area contributed by atoms with E-state index in [0.29, 0.717) is 0 Å². The molecule has 0 saturated heterocycles. The van der Waals surface area contributed by atoms with Gasteiger partial charge in [0, 0.05) is 6.54 Å². The number of fused-ring (bicyclic) bond motifs is 1. The molecule has 0 aliphatic rings. The molecule has 0 aliphatic carbocycles. The smallest absolute Gasteiger partial charge is 0.201 e. The Labute approximate surface area is 113 Å². The number of aromatic nitrogens is 2. The molecular weight excluding hydrogens is 234 g/mol. The minimum atomic E-state index is 0.754. The number of allylic oxidation sites excluding steroid dienone is 4. The van der Waals surface area contributed by atoms with Crippen LogP contribution in [0, 0.1) is 0 Å². The van der Waals surface area contributed by atoms with Crippen LogP contribution in [0.3, 0.4) is 0 Å². The minimum absolute atomic E-state index is 0.754. The molecule has 0 amide bonds. The second-order valence-electron chi connectivity index (χ2n) is 4.20. The Balaban J connectivity index is 2.01. The highest BCUT2D eigenvalue weighted by atomic mass is 15.1. The Morgan fingerprint density at radius 1 is 1.26 bits per heavy atom. The first kappa shape index (κ1) is 13.1. The first-order valence-electron chi connectivity index (χ1n) is 6.46. The molecule has 0 fully saturated rings. The lowest BCUT2D eigenvalue weighted by Gasteiger charge is -2.02. The Hall–Kier alpha value is -2.29. The molecule has 0 unspecified atom stereocenters. The van der Waals surface area contributed by atoms with Gasteiger partial charge in [0.2, 0.25) is 5.95 Å². The average molecular weight is 253 g/mol. The molecule has 1 heterocycles. The normalized spacial score (nSPS) is 12.8. The van der Waals surface area contributed by atoms with Crippen LogP contribution in [0.5, 0.6) is 0 Å². The summed E-state index contributed by atoms with van der Waals surface area (Å²) >= 11 is 0. The van der Waals surface area contributed by atoms with Crippen molar-refractivity contribution in [2.45, 2.75) is 13.8 Å². The van der Waals surface area contributed by atoms with Crippen LogP contribution < -0.4 is 5.32 Å². The van der Waals surface area contributed by atoms with Crippen molar-refractivity contribution in [2.24, 2.45) is 0 Å². The van der Waals surface area contributed by atoms with Crippen LogP contribution in [0.4, 0.5) is 5.95 Å². The standard InChI is InChI=1S/C16H19N3/c1-3-5-6-9-13(4-2)12-17-16-18-14-10-7-8-11-15(14)19-16/h3-11H,12H2,1-2H3,(H2,17,18,19). The van der Waals surface area contributed by atoms with E-state index in [2.05, 4.69) is 27.4 Å². The van der Waals surface area contributed by atoms with Crippen molar-refractivity contribution in [1.82, 2.24) is 9.97 Å². The highest BCUT2D eigenvalue weighted by Crippen LogP contribution is 2.13. The SMILES string of the molecule is CC=CC=CC(=CC)CNc1nc2ccccc2[nH]1. The van der Waals surface area contributed by atoms with Gasteiger partial charge in [0.15, 0.2) is 0 Å². The molecule has 0 bridgehead atoms. The lowest BCUT2D eigenvalue weighted by molar-refractivity contribution is 1.17. The number of rotatable bonds is 5. The van der Waals surface area contributed by atoms with E-state index in [1.54, 1.807) is 0 Å². The van der Waals surface area contributed by atoms with E-state index in [4.69, 9.17) is 0 Å². The molecule has 19 heavy (non-hydrogen) atoms. The van der Waals surface area contributed by atoms with Gasteiger partial charge in [0.1, 0.15) is 0 Å². The number of hydrogen-bond donors (Lipinski definition) is 2. The number of hydrogen-bond acceptors (Lipinski definition) is 2. The molecule has 0 radical (unpaired) electrons. The molecular formula is C16H19N3. The second kappa shape index (κ2) is 6.59. The maximum absolute atomic E-state index is 4.48. The molecule has 1 aromatic carbocycles. The van der Waals surface area contributed by atoms with Crippen LogP contribution in [-0.4, -0.2) is 16.5 Å². The van der Waals surface area contributed by atoms with Crippen LogP contribution in [0.2, 0.25) is 0 Å². The highest BCUT2D eigenvalue weighted by molar-refractivity contribution is 5.77. The second-order valence-corrected chi connectivity index (χ2v) is 4.20. The van der Waals surface area contributed by atoms with Crippen molar-refractivity contribution in [3.05, 3.63) is 60.2 Å². The highest BCUT2D eigenvalue weighted by Gasteiger charge is 2.00. The van der Waals surface area contributed by atoms with Gasteiger partial charge in [-0.15, -0.1) is 0 Å². The Bertz CT molecular complexity index is 585.